The van der Waals surface area contributed by atoms with E-state index in [1.165, 1.54) is 45.4 Å². The lowest BCUT2D eigenvalue weighted by atomic mass is 10.1. The van der Waals surface area contributed by atoms with Crippen LogP contribution in [0.15, 0.2) is 39.7 Å². The number of furan rings is 1. The Morgan fingerprint density at radius 3 is 2.63 bits per heavy atom. The van der Waals surface area contributed by atoms with Crippen LogP contribution < -0.4 is 4.74 Å². The van der Waals surface area contributed by atoms with Crippen molar-refractivity contribution in [1.82, 2.24) is 4.90 Å². The van der Waals surface area contributed by atoms with E-state index in [0.717, 1.165) is 4.90 Å². The molecule has 3 rings (SSSR count). The second-order valence-corrected chi connectivity index (χ2v) is 7.09. The molecule has 156 valence electrons. The van der Waals surface area contributed by atoms with Gasteiger partial charge in [0.1, 0.15) is 23.3 Å². The summed E-state index contributed by atoms with van der Waals surface area (Å²) in [6.07, 6.45) is 1.39. The summed E-state index contributed by atoms with van der Waals surface area (Å²) >= 11 is 0.682. The predicted molar refractivity (Wildman–Crippen MR) is 107 cm³/mol. The molecule has 0 bridgehead atoms. The Bertz CT molecular complexity index is 1070. The van der Waals surface area contributed by atoms with E-state index in [1.807, 2.05) is 0 Å². The summed E-state index contributed by atoms with van der Waals surface area (Å²) in [5.74, 6) is -0.452. The summed E-state index contributed by atoms with van der Waals surface area (Å²) in [6.45, 7) is 1.40. The van der Waals surface area contributed by atoms with Crippen LogP contribution in [0, 0.1) is 10.1 Å². The van der Waals surface area contributed by atoms with Gasteiger partial charge in [-0.3, -0.25) is 24.6 Å². The molecule has 1 aliphatic rings. The zero-order chi connectivity index (χ0) is 22.0. The first-order chi connectivity index (χ1) is 14.3. The number of thioether (sulfide) groups is 1. The smallest absolute Gasteiger partial charge is 0.328 e. The number of hydrogen-bond donors (Lipinski definition) is 0. The molecule has 1 saturated heterocycles. The second-order valence-electron chi connectivity index (χ2n) is 6.09. The van der Waals surface area contributed by atoms with E-state index in [1.54, 1.807) is 12.1 Å². The van der Waals surface area contributed by atoms with Gasteiger partial charge < -0.3 is 13.9 Å². The van der Waals surface area contributed by atoms with Gasteiger partial charge in [-0.15, -0.1) is 0 Å². The van der Waals surface area contributed by atoms with Gasteiger partial charge in [0.2, 0.25) is 0 Å². The summed E-state index contributed by atoms with van der Waals surface area (Å²) in [4.78, 5) is 47.7. The molecular weight excluding hydrogens is 416 g/mol. The largest absolute Gasteiger partial charge is 0.496 e. The summed E-state index contributed by atoms with van der Waals surface area (Å²) < 4.78 is 15.5. The van der Waals surface area contributed by atoms with Gasteiger partial charge in [0.05, 0.1) is 35.7 Å². The number of hydrogen-bond acceptors (Lipinski definition) is 9. The van der Waals surface area contributed by atoms with Crippen molar-refractivity contribution in [2.45, 2.75) is 13.0 Å². The average Bonchev–Trinajstić information content (AvgIpc) is 3.30. The Hall–Kier alpha value is -3.60. The number of imide groups is 1. The highest BCUT2D eigenvalue weighted by Gasteiger charge is 2.41. The van der Waals surface area contributed by atoms with Crippen molar-refractivity contribution in [3.8, 4) is 17.1 Å². The Morgan fingerprint density at radius 2 is 2.00 bits per heavy atom. The van der Waals surface area contributed by atoms with Crippen LogP contribution in [-0.4, -0.2) is 47.2 Å². The summed E-state index contributed by atoms with van der Waals surface area (Å²) in [5, 5.41) is 10.3. The number of amides is 2. The third-order valence-corrected chi connectivity index (χ3v) is 5.20. The highest BCUT2D eigenvalue weighted by atomic mass is 32.2. The first-order valence-electron chi connectivity index (χ1n) is 8.54. The van der Waals surface area contributed by atoms with Crippen molar-refractivity contribution in [2.75, 3.05) is 14.2 Å². The Morgan fingerprint density at radius 1 is 1.27 bits per heavy atom. The maximum Gasteiger partial charge on any atom is 0.328 e. The molecule has 30 heavy (non-hydrogen) atoms. The van der Waals surface area contributed by atoms with Crippen molar-refractivity contribution in [2.24, 2.45) is 0 Å². The van der Waals surface area contributed by atoms with Crippen LogP contribution in [0.3, 0.4) is 0 Å². The zero-order valence-electron chi connectivity index (χ0n) is 16.1. The van der Waals surface area contributed by atoms with Crippen molar-refractivity contribution < 1.29 is 33.2 Å². The first-order valence-corrected chi connectivity index (χ1v) is 9.36. The first kappa shape index (κ1) is 21.1. The number of carbonyl (C=O) groups excluding carboxylic acids is 3. The lowest BCUT2D eigenvalue weighted by Crippen LogP contribution is -2.42. The highest BCUT2D eigenvalue weighted by molar-refractivity contribution is 8.18. The number of rotatable bonds is 6. The minimum atomic E-state index is -1.05. The maximum atomic E-state index is 12.5. The van der Waals surface area contributed by atoms with Gasteiger partial charge in [-0.25, -0.2) is 4.79 Å². The van der Waals surface area contributed by atoms with E-state index in [4.69, 9.17) is 9.15 Å². The molecule has 0 saturated carbocycles. The predicted octanol–water partition coefficient (Wildman–Crippen LogP) is 3.46. The Kier molecular flexibility index (Phi) is 5.92. The van der Waals surface area contributed by atoms with Crippen LogP contribution in [-0.2, 0) is 14.3 Å². The van der Waals surface area contributed by atoms with Gasteiger partial charge in [-0.1, -0.05) is 0 Å². The van der Waals surface area contributed by atoms with Crippen molar-refractivity contribution in [3.63, 3.8) is 0 Å². The van der Waals surface area contributed by atoms with Crippen LogP contribution in [0.25, 0.3) is 17.4 Å². The molecule has 1 atom stereocenters. The summed E-state index contributed by atoms with van der Waals surface area (Å²) in [7, 11) is 2.55. The molecule has 1 aromatic heterocycles. The van der Waals surface area contributed by atoms with Gasteiger partial charge in [-0.05, 0) is 36.9 Å². The van der Waals surface area contributed by atoms with E-state index in [0.29, 0.717) is 23.1 Å². The van der Waals surface area contributed by atoms with Gasteiger partial charge in [0.15, 0.2) is 0 Å². The third-order valence-electron chi connectivity index (χ3n) is 4.31. The number of carbonyl (C=O) groups is 3. The number of nitro groups is 1. The standard InChI is InChI=1S/C19H16N2O8S/c1-10(18(23)28-3)20-17(22)16(30-19(20)24)9-12-5-7-14(29-12)13-6-4-11(21(25)26)8-15(13)27-2/h4-10H,1-3H3/b16-9+/t10-/m0/s1. The maximum absolute atomic E-state index is 12.5. The molecule has 2 amide bonds. The minimum Gasteiger partial charge on any atom is -0.496 e. The lowest BCUT2D eigenvalue weighted by Gasteiger charge is -2.18. The molecule has 0 unspecified atom stereocenters. The molecule has 0 aliphatic carbocycles. The van der Waals surface area contributed by atoms with Crippen molar-refractivity contribution in [3.05, 3.63) is 51.1 Å². The number of nitro benzene ring substituents is 1. The van der Waals surface area contributed by atoms with Crippen LogP contribution >= 0.6 is 11.8 Å². The Labute approximate surface area is 174 Å². The van der Waals surface area contributed by atoms with Gasteiger partial charge >= 0.3 is 5.97 Å². The number of nitrogens with zero attached hydrogens (tertiary/aromatic N) is 2. The normalized spacial score (nSPS) is 16.1. The van der Waals surface area contributed by atoms with Gasteiger partial charge in [-0.2, -0.15) is 0 Å². The number of non-ortho nitro benzene ring substituents is 1. The molecule has 1 aliphatic heterocycles. The molecule has 0 spiro atoms. The number of esters is 1. The SMILES string of the molecule is COC(=O)[C@H](C)N1C(=O)S/C(=C/c2ccc(-c3ccc([N+](=O)[O-])cc3OC)o2)C1=O. The van der Waals surface area contributed by atoms with Crippen LogP contribution in [0.2, 0.25) is 0 Å². The molecular formula is C19H16N2O8S. The molecule has 2 aromatic rings. The van der Waals surface area contributed by atoms with Gasteiger partial charge in [0.25, 0.3) is 16.8 Å². The fraction of sp³-hybridized carbons (Fsp3) is 0.211. The minimum absolute atomic E-state index is 0.0901. The van der Waals surface area contributed by atoms with Crippen LogP contribution in [0.4, 0.5) is 10.5 Å². The van der Waals surface area contributed by atoms with E-state index in [9.17, 15) is 24.5 Å². The molecule has 1 fully saturated rings. The topological polar surface area (TPSA) is 129 Å². The van der Waals surface area contributed by atoms with E-state index < -0.39 is 28.1 Å². The monoisotopic (exact) mass is 432 g/mol. The van der Waals surface area contributed by atoms with Crippen LogP contribution in [0.1, 0.15) is 12.7 Å². The summed E-state index contributed by atoms with van der Waals surface area (Å²) in [5.41, 5.74) is 0.353. The second kappa shape index (κ2) is 8.41. The van der Waals surface area contributed by atoms with E-state index in [2.05, 4.69) is 4.74 Å². The molecule has 10 nitrogen and oxygen atoms in total. The fourth-order valence-electron chi connectivity index (χ4n) is 2.79. The number of ether oxygens (including phenoxy) is 2. The fourth-order valence-corrected chi connectivity index (χ4v) is 3.68. The Balaban J connectivity index is 1.88. The lowest BCUT2D eigenvalue weighted by molar-refractivity contribution is -0.384. The zero-order valence-corrected chi connectivity index (χ0v) is 16.9. The highest BCUT2D eigenvalue weighted by Crippen LogP contribution is 2.37. The van der Waals surface area contributed by atoms with Gasteiger partial charge in [0, 0.05) is 12.1 Å². The third kappa shape index (κ3) is 3.92. The number of methoxy groups -OCH3 is 2. The molecule has 11 heteroatoms. The molecule has 1 aromatic carbocycles. The molecule has 2 heterocycles. The molecule has 0 N–H and O–H groups in total. The van der Waals surface area contributed by atoms with Crippen molar-refractivity contribution >= 4 is 40.6 Å². The summed E-state index contributed by atoms with van der Waals surface area (Å²) in [6, 6.07) is 6.22. The quantitative estimate of drug-likeness (QED) is 0.291. The van der Waals surface area contributed by atoms with Crippen molar-refractivity contribution in [1.29, 1.82) is 0 Å². The molecule has 0 radical (unpaired) electrons. The average molecular weight is 432 g/mol. The van der Waals surface area contributed by atoms with E-state index >= 15 is 0 Å². The van der Waals surface area contributed by atoms with E-state index in [-0.39, 0.29) is 22.1 Å². The van der Waals surface area contributed by atoms with Crippen LogP contribution in [0.5, 0.6) is 5.75 Å². The number of benzene rings is 1.